The van der Waals surface area contributed by atoms with Crippen LogP contribution in [0, 0.1) is 5.92 Å². The molecule has 1 saturated heterocycles. The second kappa shape index (κ2) is 7.61. The third-order valence-electron chi connectivity index (χ3n) is 3.29. The summed E-state index contributed by atoms with van der Waals surface area (Å²) in [6.45, 7) is 2.43. The molecule has 0 aromatic heterocycles. The maximum absolute atomic E-state index is 11.9. The first-order chi connectivity index (χ1) is 9.66. The molecule has 0 aliphatic carbocycles. The van der Waals surface area contributed by atoms with Crippen LogP contribution in [0.2, 0.25) is 0 Å². The van der Waals surface area contributed by atoms with Crippen LogP contribution in [-0.2, 0) is 10.0 Å². The van der Waals surface area contributed by atoms with Crippen LogP contribution >= 0.6 is 0 Å². The molecule has 0 spiro atoms. The lowest BCUT2D eigenvalue weighted by Gasteiger charge is -2.22. The van der Waals surface area contributed by atoms with Gasteiger partial charge in [0.15, 0.2) is 0 Å². The Morgan fingerprint density at radius 2 is 2.10 bits per heavy atom. The summed E-state index contributed by atoms with van der Waals surface area (Å²) in [7, 11) is -3.21. The van der Waals surface area contributed by atoms with Crippen LogP contribution in [0.4, 0.5) is 0 Å². The van der Waals surface area contributed by atoms with Crippen LogP contribution < -0.4 is 14.8 Å². The Bertz CT molecular complexity index is 484. The molecule has 1 aliphatic heterocycles. The smallest absolute Gasteiger partial charge is 0.212 e. The molecule has 0 amide bonds. The van der Waals surface area contributed by atoms with Crippen LogP contribution in [-0.4, -0.2) is 40.4 Å². The van der Waals surface area contributed by atoms with E-state index in [0.29, 0.717) is 13.2 Å². The monoisotopic (exact) mass is 298 g/mol. The van der Waals surface area contributed by atoms with Gasteiger partial charge in [-0.15, -0.1) is 0 Å². The SMILES string of the molecule is O=S(=O)(CC1CCCNC1)NCCOc1ccccc1. The van der Waals surface area contributed by atoms with Crippen molar-refractivity contribution < 1.29 is 13.2 Å². The van der Waals surface area contributed by atoms with Gasteiger partial charge in [-0.2, -0.15) is 0 Å². The third kappa shape index (κ3) is 5.48. The molecule has 2 rings (SSSR count). The van der Waals surface area contributed by atoms with Crippen LogP contribution in [0.1, 0.15) is 12.8 Å². The number of nitrogens with one attached hydrogen (secondary N) is 2. The van der Waals surface area contributed by atoms with Crippen molar-refractivity contribution in [2.24, 2.45) is 5.92 Å². The van der Waals surface area contributed by atoms with Gasteiger partial charge in [0.1, 0.15) is 12.4 Å². The number of piperidine rings is 1. The molecular formula is C14H22N2O3S. The fourth-order valence-electron chi connectivity index (χ4n) is 2.32. The van der Waals surface area contributed by atoms with E-state index in [1.54, 1.807) is 0 Å². The average molecular weight is 298 g/mol. The summed E-state index contributed by atoms with van der Waals surface area (Å²) in [5.41, 5.74) is 0. The van der Waals surface area contributed by atoms with E-state index in [-0.39, 0.29) is 11.7 Å². The van der Waals surface area contributed by atoms with Crippen LogP contribution in [0.3, 0.4) is 0 Å². The summed E-state index contributed by atoms with van der Waals surface area (Å²) >= 11 is 0. The quantitative estimate of drug-likeness (QED) is 0.737. The molecule has 112 valence electrons. The molecular weight excluding hydrogens is 276 g/mol. The number of benzene rings is 1. The van der Waals surface area contributed by atoms with Crippen molar-refractivity contribution in [3.63, 3.8) is 0 Å². The highest BCUT2D eigenvalue weighted by Crippen LogP contribution is 2.12. The average Bonchev–Trinajstić information content (AvgIpc) is 2.45. The molecule has 1 aromatic carbocycles. The maximum Gasteiger partial charge on any atom is 0.212 e. The van der Waals surface area contributed by atoms with Crippen LogP contribution in [0.5, 0.6) is 5.75 Å². The first kappa shape index (κ1) is 15.3. The molecule has 1 heterocycles. The molecule has 0 saturated carbocycles. The number of rotatable bonds is 7. The summed E-state index contributed by atoms with van der Waals surface area (Å²) < 4.78 is 31.9. The lowest BCUT2D eigenvalue weighted by Crippen LogP contribution is -2.38. The van der Waals surface area contributed by atoms with Crippen molar-refractivity contribution in [1.82, 2.24) is 10.0 Å². The predicted octanol–water partition coefficient (Wildman–Crippen LogP) is 0.984. The Kier molecular flexibility index (Phi) is 5.82. The first-order valence-electron chi connectivity index (χ1n) is 7.02. The van der Waals surface area contributed by atoms with Crippen molar-refractivity contribution in [2.75, 3.05) is 32.0 Å². The van der Waals surface area contributed by atoms with Gasteiger partial charge in [0, 0.05) is 6.54 Å². The second-order valence-corrected chi connectivity index (χ2v) is 6.90. The summed E-state index contributed by atoms with van der Waals surface area (Å²) in [5.74, 6) is 1.17. The molecule has 0 radical (unpaired) electrons. The molecule has 1 aliphatic rings. The minimum atomic E-state index is -3.21. The Labute approximate surface area is 120 Å². The van der Waals surface area contributed by atoms with Gasteiger partial charge in [0.05, 0.1) is 5.75 Å². The van der Waals surface area contributed by atoms with E-state index in [1.165, 1.54) is 0 Å². The van der Waals surface area contributed by atoms with Gasteiger partial charge in [0.25, 0.3) is 0 Å². The molecule has 6 heteroatoms. The number of ether oxygens (including phenoxy) is 1. The Hall–Kier alpha value is -1.11. The topological polar surface area (TPSA) is 67.4 Å². The van der Waals surface area contributed by atoms with Crippen molar-refractivity contribution >= 4 is 10.0 Å². The van der Waals surface area contributed by atoms with E-state index in [1.807, 2.05) is 30.3 Å². The van der Waals surface area contributed by atoms with Gasteiger partial charge in [-0.25, -0.2) is 13.1 Å². The van der Waals surface area contributed by atoms with E-state index in [9.17, 15) is 8.42 Å². The standard InChI is InChI=1S/C14H22N2O3S/c17-20(18,12-13-5-4-8-15-11-13)16-9-10-19-14-6-2-1-3-7-14/h1-3,6-7,13,15-16H,4-5,8-12H2. The van der Waals surface area contributed by atoms with E-state index in [2.05, 4.69) is 10.0 Å². The first-order valence-corrected chi connectivity index (χ1v) is 8.67. The minimum absolute atomic E-state index is 0.200. The summed E-state index contributed by atoms with van der Waals surface area (Å²) in [6.07, 6.45) is 2.03. The fourth-order valence-corrected chi connectivity index (χ4v) is 3.74. The lowest BCUT2D eigenvalue weighted by molar-refractivity contribution is 0.322. The summed E-state index contributed by atoms with van der Waals surface area (Å²) in [5, 5.41) is 3.23. The number of sulfonamides is 1. The Morgan fingerprint density at radius 3 is 2.80 bits per heavy atom. The van der Waals surface area contributed by atoms with Gasteiger partial charge in [-0.1, -0.05) is 18.2 Å². The summed E-state index contributed by atoms with van der Waals surface area (Å²) in [6, 6.07) is 9.38. The van der Waals surface area contributed by atoms with E-state index < -0.39 is 10.0 Å². The van der Waals surface area contributed by atoms with E-state index in [4.69, 9.17) is 4.74 Å². The molecule has 2 N–H and O–H groups in total. The molecule has 20 heavy (non-hydrogen) atoms. The van der Waals surface area contributed by atoms with Crippen LogP contribution in [0.15, 0.2) is 30.3 Å². The molecule has 1 atom stereocenters. The maximum atomic E-state index is 11.9. The molecule has 1 aromatic rings. The second-order valence-electron chi connectivity index (χ2n) is 5.05. The number of hydrogen-bond acceptors (Lipinski definition) is 4. The van der Waals surface area contributed by atoms with E-state index >= 15 is 0 Å². The minimum Gasteiger partial charge on any atom is -0.492 e. The molecule has 1 fully saturated rings. The van der Waals surface area contributed by atoms with Crippen molar-refractivity contribution in [3.8, 4) is 5.75 Å². The Morgan fingerprint density at radius 1 is 1.30 bits per heavy atom. The molecule has 1 unspecified atom stereocenters. The van der Waals surface area contributed by atoms with Crippen molar-refractivity contribution in [1.29, 1.82) is 0 Å². The summed E-state index contributed by atoms with van der Waals surface area (Å²) in [4.78, 5) is 0. The zero-order valence-corrected chi connectivity index (χ0v) is 12.4. The number of hydrogen-bond donors (Lipinski definition) is 2. The molecule has 0 bridgehead atoms. The van der Waals surface area contributed by atoms with Gasteiger partial charge in [-0.3, -0.25) is 0 Å². The lowest BCUT2D eigenvalue weighted by atomic mass is 10.0. The Balaban J connectivity index is 1.67. The fraction of sp³-hybridized carbons (Fsp3) is 0.571. The van der Waals surface area contributed by atoms with Gasteiger partial charge >= 0.3 is 0 Å². The molecule has 5 nitrogen and oxygen atoms in total. The highest BCUT2D eigenvalue weighted by atomic mass is 32.2. The van der Waals surface area contributed by atoms with Gasteiger partial charge in [0.2, 0.25) is 10.0 Å². The zero-order chi connectivity index (χ0) is 14.3. The highest BCUT2D eigenvalue weighted by molar-refractivity contribution is 7.89. The highest BCUT2D eigenvalue weighted by Gasteiger charge is 2.20. The number of para-hydroxylation sites is 1. The van der Waals surface area contributed by atoms with Gasteiger partial charge < -0.3 is 10.1 Å². The van der Waals surface area contributed by atoms with Crippen molar-refractivity contribution in [3.05, 3.63) is 30.3 Å². The zero-order valence-electron chi connectivity index (χ0n) is 11.5. The predicted molar refractivity (Wildman–Crippen MR) is 79.3 cm³/mol. The van der Waals surface area contributed by atoms with Crippen LogP contribution in [0.25, 0.3) is 0 Å². The normalized spacial score (nSPS) is 19.7. The van der Waals surface area contributed by atoms with E-state index in [0.717, 1.165) is 31.7 Å². The van der Waals surface area contributed by atoms with Gasteiger partial charge in [-0.05, 0) is 44.0 Å². The van der Waals surface area contributed by atoms with Crippen molar-refractivity contribution in [2.45, 2.75) is 12.8 Å². The third-order valence-corrected chi connectivity index (χ3v) is 4.84. The largest absolute Gasteiger partial charge is 0.492 e.